The summed E-state index contributed by atoms with van der Waals surface area (Å²) in [5, 5.41) is 1.05. The SMILES string of the molecule is C=CN(c1cc(/C(=C/C=NC)Cc2ccc(Cl)cc2)ccc1C)c1ccc(Cl)cc1F. The first-order valence-electron chi connectivity index (χ1n) is 9.76. The highest BCUT2D eigenvalue weighted by atomic mass is 35.5. The number of halogens is 3. The van der Waals surface area contributed by atoms with E-state index in [1.165, 1.54) is 6.07 Å². The molecule has 0 fully saturated rings. The summed E-state index contributed by atoms with van der Waals surface area (Å²) < 4.78 is 14.6. The van der Waals surface area contributed by atoms with Crippen LogP contribution >= 0.6 is 23.2 Å². The number of aliphatic imine (C=N–C) groups is 1. The summed E-state index contributed by atoms with van der Waals surface area (Å²) in [4.78, 5) is 5.84. The zero-order chi connectivity index (χ0) is 22.4. The summed E-state index contributed by atoms with van der Waals surface area (Å²) in [7, 11) is 1.74. The smallest absolute Gasteiger partial charge is 0.148 e. The Labute approximate surface area is 193 Å². The predicted molar refractivity (Wildman–Crippen MR) is 132 cm³/mol. The summed E-state index contributed by atoms with van der Waals surface area (Å²) in [6, 6.07) is 18.5. The van der Waals surface area contributed by atoms with E-state index in [0.29, 0.717) is 22.2 Å². The monoisotopic (exact) mass is 452 g/mol. The van der Waals surface area contributed by atoms with Crippen LogP contribution in [0, 0.1) is 12.7 Å². The van der Waals surface area contributed by atoms with Crippen molar-refractivity contribution in [1.82, 2.24) is 0 Å². The lowest BCUT2D eigenvalue weighted by Crippen LogP contribution is -2.11. The molecule has 0 heterocycles. The second-order valence-corrected chi connectivity index (χ2v) is 7.92. The fraction of sp³-hybridized carbons (Fsp3) is 0.115. The molecule has 3 aromatic carbocycles. The van der Waals surface area contributed by atoms with Crippen molar-refractivity contribution >= 4 is 46.4 Å². The molecule has 0 aliphatic rings. The molecule has 0 spiro atoms. The van der Waals surface area contributed by atoms with Crippen LogP contribution in [0.3, 0.4) is 0 Å². The normalized spacial score (nSPS) is 11.7. The van der Waals surface area contributed by atoms with Crippen molar-refractivity contribution in [2.24, 2.45) is 4.99 Å². The molecule has 0 saturated carbocycles. The molecule has 0 atom stereocenters. The lowest BCUT2D eigenvalue weighted by molar-refractivity contribution is 0.628. The van der Waals surface area contributed by atoms with Crippen LogP contribution in [0.5, 0.6) is 0 Å². The number of rotatable bonds is 7. The molecule has 0 amide bonds. The van der Waals surface area contributed by atoms with E-state index in [2.05, 4.69) is 17.6 Å². The topological polar surface area (TPSA) is 15.6 Å². The number of hydrogen-bond acceptors (Lipinski definition) is 2. The van der Waals surface area contributed by atoms with Crippen molar-refractivity contribution in [3.63, 3.8) is 0 Å². The van der Waals surface area contributed by atoms with Gasteiger partial charge in [0, 0.05) is 35.2 Å². The molecule has 0 radical (unpaired) electrons. The number of anilines is 2. The first-order chi connectivity index (χ1) is 14.9. The molecule has 0 saturated heterocycles. The van der Waals surface area contributed by atoms with Crippen LogP contribution in [0.4, 0.5) is 15.8 Å². The van der Waals surface area contributed by atoms with Crippen molar-refractivity contribution in [1.29, 1.82) is 0 Å². The van der Waals surface area contributed by atoms with Crippen LogP contribution in [-0.2, 0) is 6.42 Å². The first-order valence-corrected chi connectivity index (χ1v) is 10.5. The van der Waals surface area contributed by atoms with Gasteiger partial charge in [-0.15, -0.1) is 0 Å². The Bertz CT molecular complexity index is 1130. The molecule has 0 N–H and O–H groups in total. The molecule has 0 aliphatic carbocycles. The highest BCUT2D eigenvalue weighted by Gasteiger charge is 2.15. The number of allylic oxidation sites excluding steroid dienone is 2. The summed E-state index contributed by atoms with van der Waals surface area (Å²) >= 11 is 12.0. The molecule has 31 heavy (non-hydrogen) atoms. The summed E-state index contributed by atoms with van der Waals surface area (Å²) in [6.07, 6.45) is 6.07. The lowest BCUT2D eigenvalue weighted by atomic mass is 9.96. The lowest BCUT2D eigenvalue weighted by Gasteiger charge is -2.24. The van der Waals surface area contributed by atoms with Gasteiger partial charge in [0.25, 0.3) is 0 Å². The zero-order valence-electron chi connectivity index (χ0n) is 17.4. The van der Waals surface area contributed by atoms with Crippen molar-refractivity contribution in [3.8, 4) is 0 Å². The fourth-order valence-corrected chi connectivity index (χ4v) is 3.60. The third kappa shape index (κ3) is 5.63. The van der Waals surface area contributed by atoms with E-state index in [1.54, 1.807) is 36.5 Å². The third-order valence-electron chi connectivity index (χ3n) is 4.92. The molecule has 2 nitrogen and oxygen atoms in total. The van der Waals surface area contributed by atoms with Gasteiger partial charge in [0.2, 0.25) is 0 Å². The van der Waals surface area contributed by atoms with E-state index in [1.807, 2.05) is 49.4 Å². The van der Waals surface area contributed by atoms with Gasteiger partial charge in [0.05, 0.1) is 5.69 Å². The van der Waals surface area contributed by atoms with Gasteiger partial charge in [-0.1, -0.05) is 54.0 Å². The highest BCUT2D eigenvalue weighted by Crippen LogP contribution is 2.34. The largest absolute Gasteiger partial charge is 0.315 e. The second kappa shape index (κ2) is 10.4. The molecule has 0 aromatic heterocycles. The van der Waals surface area contributed by atoms with Gasteiger partial charge < -0.3 is 4.90 Å². The number of benzene rings is 3. The minimum absolute atomic E-state index is 0.350. The van der Waals surface area contributed by atoms with Gasteiger partial charge in [0.1, 0.15) is 5.82 Å². The van der Waals surface area contributed by atoms with Gasteiger partial charge in [0.15, 0.2) is 0 Å². The van der Waals surface area contributed by atoms with E-state index in [4.69, 9.17) is 23.2 Å². The van der Waals surface area contributed by atoms with Crippen LogP contribution in [-0.4, -0.2) is 13.3 Å². The first kappa shape index (κ1) is 22.8. The summed E-state index contributed by atoms with van der Waals surface area (Å²) in [6.45, 7) is 5.88. The van der Waals surface area contributed by atoms with Crippen molar-refractivity contribution < 1.29 is 4.39 Å². The Morgan fingerprint density at radius 1 is 1.00 bits per heavy atom. The summed E-state index contributed by atoms with van der Waals surface area (Å²) in [5.41, 5.74) is 5.44. The maximum absolute atomic E-state index is 14.6. The van der Waals surface area contributed by atoms with Gasteiger partial charge in [-0.05, 0) is 78.1 Å². The van der Waals surface area contributed by atoms with Gasteiger partial charge in [-0.2, -0.15) is 0 Å². The molecular weight excluding hydrogens is 430 g/mol. The maximum atomic E-state index is 14.6. The van der Waals surface area contributed by atoms with Crippen LogP contribution < -0.4 is 4.90 Å². The van der Waals surface area contributed by atoms with Crippen LogP contribution in [0.2, 0.25) is 10.0 Å². The number of aryl methyl sites for hydroxylation is 1. The molecule has 5 heteroatoms. The minimum Gasteiger partial charge on any atom is -0.315 e. The molecule has 0 bridgehead atoms. The molecular formula is C26H23Cl2FN2. The fourth-order valence-electron chi connectivity index (χ4n) is 3.32. The number of nitrogens with zero attached hydrogens (tertiary/aromatic N) is 2. The Morgan fingerprint density at radius 2 is 1.71 bits per heavy atom. The minimum atomic E-state index is -0.410. The van der Waals surface area contributed by atoms with Gasteiger partial charge >= 0.3 is 0 Å². The van der Waals surface area contributed by atoms with Crippen molar-refractivity contribution in [3.05, 3.63) is 112 Å². The molecule has 0 aliphatic heterocycles. The standard InChI is InChI=1S/C26H23Cl2FN2/c1-4-31(25-12-11-23(28)17-24(25)29)26-16-20(8-5-18(26)2)21(13-14-30-3)15-19-6-9-22(27)10-7-19/h4-14,16-17H,1,15H2,2-3H3/b21-13+,30-14?. The van der Waals surface area contributed by atoms with Crippen LogP contribution in [0.25, 0.3) is 5.57 Å². The van der Waals surface area contributed by atoms with Crippen molar-refractivity contribution in [2.45, 2.75) is 13.3 Å². The van der Waals surface area contributed by atoms with E-state index in [9.17, 15) is 4.39 Å². The average Bonchev–Trinajstić information content (AvgIpc) is 2.75. The zero-order valence-corrected chi connectivity index (χ0v) is 19.0. The Hall–Kier alpha value is -2.88. The molecule has 3 rings (SSSR count). The van der Waals surface area contributed by atoms with E-state index < -0.39 is 5.82 Å². The maximum Gasteiger partial charge on any atom is 0.148 e. The Balaban J connectivity index is 2.05. The van der Waals surface area contributed by atoms with Gasteiger partial charge in [-0.25, -0.2) is 4.39 Å². The van der Waals surface area contributed by atoms with Crippen LogP contribution in [0.15, 0.2) is 84.5 Å². The molecule has 158 valence electrons. The number of hydrogen-bond donors (Lipinski definition) is 0. The second-order valence-electron chi connectivity index (χ2n) is 7.05. The average molecular weight is 453 g/mol. The van der Waals surface area contributed by atoms with Crippen molar-refractivity contribution in [2.75, 3.05) is 11.9 Å². The Morgan fingerprint density at radius 3 is 2.35 bits per heavy atom. The molecule has 3 aromatic rings. The van der Waals surface area contributed by atoms with Gasteiger partial charge in [-0.3, -0.25) is 4.99 Å². The molecule has 0 unspecified atom stereocenters. The highest BCUT2D eigenvalue weighted by molar-refractivity contribution is 6.30. The Kier molecular flexibility index (Phi) is 7.67. The summed E-state index contributed by atoms with van der Waals surface area (Å²) in [5.74, 6) is -0.410. The quantitative estimate of drug-likeness (QED) is 0.331. The van der Waals surface area contributed by atoms with E-state index in [-0.39, 0.29) is 0 Å². The van der Waals surface area contributed by atoms with E-state index >= 15 is 0 Å². The predicted octanol–water partition coefficient (Wildman–Crippen LogP) is 8.05. The van der Waals surface area contributed by atoms with Crippen LogP contribution in [0.1, 0.15) is 16.7 Å². The van der Waals surface area contributed by atoms with E-state index in [0.717, 1.165) is 28.0 Å². The third-order valence-corrected chi connectivity index (χ3v) is 5.41.